The highest BCUT2D eigenvalue weighted by Gasteiger charge is 2.34. The molecule has 1 aliphatic heterocycles. The van der Waals surface area contributed by atoms with E-state index in [0.717, 1.165) is 22.3 Å². The summed E-state index contributed by atoms with van der Waals surface area (Å²) < 4.78 is 28.4. The van der Waals surface area contributed by atoms with Crippen molar-refractivity contribution in [3.05, 3.63) is 82.6 Å². The number of hydrogen-bond acceptors (Lipinski definition) is 4. The van der Waals surface area contributed by atoms with Crippen LogP contribution in [0.15, 0.2) is 60.9 Å². The third-order valence-electron chi connectivity index (χ3n) is 4.53. The second kappa shape index (κ2) is 6.92. The molecule has 2 heterocycles. The number of benzene rings is 2. The maximum atomic E-state index is 12.6. The predicted molar refractivity (Wildman–Crippen MR) is 108 cm³/mol. The molecule has 1 aliphatic rings. The lowest BCUT2D eigenvalue weighted by molar-refractivity contribution is 0.0980. The first-order valence-electron chi connectivity index (χ1n) is 8.49. The standard InChI is InChI=1S/C20H16ClN3O3S/c1-13-2-4-16(18(21)10-13)15-3-5-19-17(11-15)20(25)23-28(26,27)24(19)12-14-6-8-22-9-7-14/h2-11H,12H2,1H3,(H,23,25). The van der Waals surface area contributed by atoms with Gasteiger partial charge in [-0.1, -0.05) is 29.8 Å². The van der Waals surface area contributed by atoms with Crippen molar-refractivity contribution in [1.82, 2.24) is 9.71 Å². The maximum Gasteiger partial charge on any atom is 0.326 e. The van der Waals surface area contributed by atoms with Crippen LogP contribution in [0.25, 0.3) is 11.1 Å². The lowest BCUT2D eigenvalue weighted by Crippen LogP contribution is -2.48. The Morgan fingerprint density at radius 2 is 1.79 bits per heavy atom. The monoisotopic (exact) mass is 413 g/mol. The van der Waals surface area contributed by atoms with Gasteiger partial charge in [0.05, 0.1) is 17.8 Å². The number of nitrogens with zero attached hydrogens (tertiary/aromatic N) is 2. The predicted octanol–water partition coefficient (Wildman–Crippen LogP) is 3.71. The van der Waals surface area contributed by atoms with Gasteiger partial charge in [-0.2, -0.15) is 8.42 Å². The van der Waals surface area contributed by atoms with Crippen LogP contribution in [0, 0.1) is 6.92 Å². The number of amides is 1. The van der Waals surface area contributed by atoms with E-state index in [2.05, 4.69) is 9.71 Å². The normalized spacial score (nSPS) is 15.1. The molecule has 0 spiro atoms. The lowest BCUT2D eigenvalue weighted by Gasteiger charge is -2.30. The van der Waals surface area contributed by atoms with Crippen LogP contribution in [-0.4, -0.2) is 19.3 Å². The van der Waals surface area contributed by atoms with Crippen LogP contribution < -0.4 is 9.03 Å². The Balaban J connectivity index is 1.81. The fraction of sp³-hybridized carbons (Fsp3) is 0.100. The summed E-state index contributed by atoms with van der Waals surface area (Å²) in [5, 5.41) is 0.567. The van der Waals surface area contributed by atoms with Crippen molar-refractivity contribution in [3.63, 3.8) is 0 Å². The summed E-state index contributed by atoms with van der Waals surface area (Å²) in [6.45, 7) is 2.03. The van der Waals surface area contributed by atoms with E-state index in [1.54, 1.807) is 42.7 Å². The van der Waals surface area contributed by atoms with Crippen molar-refractivity contribution >= 4 is 33.4 Å². The molecule has 0 bridgehead atoms. The number of nitrogens with one attached hydrogen (secondary N) is 1. The molecule has 28 heavy (non-hydrogen) atoms. The number of aromatic nitrogens is 1. The van der Waals surface area contributed by atoms with E-state index in [9.17, 15) is 13.2 Å². The second-order valence-electron chi connectivity index (χ2n) is 6.51. The van der Waals surface area contributed by atoms with Crippen molar-refractivity contribution in [2.75, 3.05) is 4.31 Å². The number of halogens is 1. The van der Waals surface area contributed by atoms with E-state index in [1.807, 2.05) is 25.1 Å². The number of anilines is 1. The van der Waals surface area contributed by atoms with E-state index in [1.165, 1.54) is 4.31 Å². The first-order valence-corrected chi connectivity index (χ1v) is 10.3. The fourth-order valence-corrected chi connectivity index (χ4v) is 4.67. The van der Waals surface area contributed by atoms with Gasteiger partial charge in [0.25, 0.3) is 5.91 Å². The number of pyridine rings is 1. The van der Waals surface area contributed by atoms with Gasteiger partial charge in [0.15, 0.2) is 0 Å². The SMILES string of the molecule is Cc1ccc(-c2ccc3c(c2)C(=O)NS(=O)(=O)N3Cc2ccncc2)c(Cl)c1. The van der Waals surface area contributed by atoms with Gasteiger partial charge < -0.3 is 0 Å². The van der Waals surface area contributed by atoms with E-state index >= 15 is 0 Å². The van der Waals surface area contributed by atoms with Crippen molar-refractivity contribution in [3.8, 4) is 11.1 Å². The lowest BCUT2D eigenvalue weighted by atomic mass is 10.00. The highest BCUT2D eigenvalue weighted by atomic mass is 35.5. The molecule has 2 aromatic carbocycles. The summed E-state index contributed by atoms with van der Waals surface area (Å²) in [5.74, 6) is -0.661. The zero-order valence-corrected chi connectivity index (χ0v) is 16.5. The average Bonchev–Trinajstić information content (AvgIpc) is 2.65. The molecule has 0 fully saturated rings. The number of carbonyl (C=O) groups is 1. The van der Waals surface area contributed by atoms with Gasteiger partial charge in [-0.15, -0.1) is 0 Å². The van der Waals surface area contributed by atoms with Crippen LogP contribution in [-0.2, 0) is 16.8 Å². The Morgan fingerprint density at radius 3 is 2.50 bits per heavy atom. The minimum Gasteiger partial charge on any atom is -0.268 e. The van der Waals surface area contributed by atoms with Gasteiger partial charge >= 0.3 is 10.2 Å². The summed E-state index contributed by atoms with van der Waals surface area (Å²) >= 11 is 6.35. The maximum absolute atomic E-state index is 12.6. The number of aryl methyl sites for hydroxylation is 1. The molecule has 0 saturated carbocycles. The van der Waals surface area contributed by atoms with Gasteiger partial charge in [-0.25, -0.2) is 9.03 Å². The topological polar surface area (TPSA) is 79.4 Å². The van der Waals surface area contributed by atoms with Crippen molar-refractivity contribution < 1.29 is 13.2 Å². The van der Waals surface area contributed by atoms with E-state index in [-0.39, 0.29) is 12.1 Å². The number of hydrogen-bond donors (Lipinski definition) is 1. The molecule has 0 saturated heterocycles. The zero-order chi connectivity index (χ0) is 19.9. The number of carbonyl (C=O) groups excluding carboxylic acids is 1. The van der Waals surface area contributed by atoms with Crippen LogP contribution in [0.5, 0.6) is 0 Å². The van der Waals surface area contributed by atoms with Gasteiger partial charge in [-0.3, -0.25) is 9.78 Å². The number of fused-ring (bicyclic) bond motifs is 1. The molecule has 0 atom stereocenters. The van der Waals surface area contributed by atoms with Gasteiger partial charge in [0, 0.05) is 23.0 Å². The average molecular weight is 414 g/mol. The Kier molecular flexibility index (Phi) is 4.56. The molecule has 3 aromatic rings. The third kappa shape index (κ3) is 3.34. The second-order valence-corrected chi connectivity index (χ2v) is 8.52. The number of rotatable bonds is 3. The van der Waals surface area contributed by atoms with Crippen molar-refractivity contribution in [2.45, 2.75) is 13.5 Å². The minimum atomic E-state index is -3.99. The molecule has 1 aromatic heterocycles. The molecule has 8 heteroatoms. The van der Waals surface area contributed by atoms with Crippen molar-refractivity contribution in [2.24, 2.45) is 0 Å². The van der Waals surface area contributed by atoms with Crippen LogP contribution in [0.4, 0.5) is 5.69 Å². The summed E-state index contributed by atoms with van der Waals surface area (Å²) in [6, 6.07) is 14.2. The van der Waals surface area contributed by atoms with E-state index in [0.29, 0.717) is 10.7 Å². The fourth-order valence-electron chi connectivity index (χ4n) is 3.14. The molecule has 0 unspecified atom stereocenters. The highest BCUT2D eigenvalue weighted by Crippen LogP contribution is 2.35. The Morgan fingerprint density at radius 1 is 1.04 bits per heavy atom. The quantitative estimate of drug-likeness (QED) is 0.709. The molecule has 1 N–H and O–H groups in total. The zero-order valence-electron chi connectivity index (χ0n) is 14.9. The summed E-state index contributed by atoms with van der Waals surface area (Å²) in [6.07, 6.45) is 3.18. The Labute approximate surface area is 168 Å². The summed E-state index contributed by atoms with van der Waals surface area (Å²) in [4.78, 5) is 16.4. The minimum absolute atomic E-state index is 0.0861. The molecule has 1 amide bonds. The molecular weight excluding hydrogens is 398 g/mol. The Bertz CT molecular complexity index is 1180. The molecular formula is C20H16ClN3O3S. The van der Waals surface area contributed by atoms with E-state index in [4.69, 9.17) is 11.6 Å². The van der Waals surface area contributed by atoms with Crippen molar-refractivity contribution in [1.29, 1.82) is 0 Å². The third-order valence-corrected chi connectivity index (χ3v) is 6.19. The first-order chi connectivity index (χ1) is 13.3. The highest BCUT2D eigenvalue weighted by molar-refractivity contribution is 7.91. The van der Waals surface area contributed by atoms with Crippen LogP contribution in [0.2, 0.25) is 5.02 Å². The van der Waals surface area contributed by atoms with E-state index < -0.39 is 16.1 Å². The smallest absolute Gasteiger partial charge is 0.268 e. The summed E-state index contributed by atoms with van der Waals surface area (Å²) in [7, 11) is -3.99. The van der Waals surface area contributed by atoms with Crippen LogP contribution in [0.3, 0.4) is 0 Å². The summed E-state index contributed by atoms with van der Waals surface area (Å²) in [5.41, 5.74) is 3.90. The molecule has 4 rings (SSSR count). The molecule has 0 radical (unpaired) electrons. The molecule has 6 nitrogen and oxygen atoms in total. The first kappa shape index (κ1) is 18.5. The Hall–Kier alpha value is -2.90. The molecule has 142 valence electrons. The van der Waals surface area contributed by atoms with Crippen LogP contribution in [0.1, 0.15) is 21.5 Å². The molecule has 0 aliphatic carbocycles. The van der Waals surface area contributed by atoms with Gasteiger partial charge in [-0.05, 0) is 53.9 Å². The van der Waals surface area contributed by atoms with Gasteiger partial charge in [0.1, 0.15) is 0 Å². The largest absolute Gasteiger partial charge is 0.326 e. The van der Waals surface area contributed by atoms with Crippen LogP contribution >= 0.6 is 11.6 Å². The van der Waals surface area contributed by atoms with Gasteiger partial charge in [0.2, 0.25) is 0 Å².